The lowest BCUT2D eigenvalue weighted by molar-refractivity contribution is 0.578. The Labute approximate surface area is 109 Å². The van der Waals surface area contributed by atoms with Crippen LogP contribution in [0, 0.1) is 0 Å². The van der Waals surface area contributed by atoms with Crippen LogP contribution >= 0.6 is 0 Å². The molecule has 1 aromatic rings. The lowest BCUT2D eigenvalue weighted by Gasteiger charge is -2.12. The summed E-state index contributed by atoms with van der Waals surface area (Å²) in [4.78, 5) is 0.436. The Hall–Kier alpha value is -0.870. The zero-order valence-corrected chi connectivity index (χ0v) is 11.8. The molecule has 1 aromatic carbocycles. The van der Waals surface area contributed by atoms with Gasteiger partial charge in [-0.25, -0.2) is 8.42 Å². The molecule has 0 aromatic heterocycles. The average Bonchev–Trinajstić information content (AvgIpc) is 2.76. The first-order valence-corrected chi connectivity index (χ1v) is 8.05. The van der Waals surface area contributed by atoms with E-state index in [0.717, 1.165) is 12.0 Å². The smallest absolute Gasteiger partial charge is 0.181 e. The number of nitrogens with two attached hydrogens (primary N) is 1. The van der Waals surface area contributed by atoms with Crippen LogP contribution in [0.3, 0.4) is 0 Å². The lowest BCUT2D eigenvalue weighted by atomic mass is 10.0. The van der Waals surface area contributed by atoms with E-state index in [0.29, 0.717) is 23.7 Å². The van der Waals surface area contributed by atoms with Gasteiger partial charge >= 0.3 is 0 Å². The summed E-state index contributed by atoms with van der Waals surface area (Å²) >= 11 is 0. The Morgan fingerprint density at radius 1 is 1.17 bits per heavy atom. The van der Waals surface area contributed by atoms with Crippen molar-refractivity contribution in [2.45, 2.75) is 55.2 Å². The van der Waals surface area contributed by atoms with Gasteiger partial charge in [0.05, 0.1) is 10.1 Å². The van der Waals surface area contributed by atoms with Gasteiger partial charge in [-0.2, -0.15) is 0 Å². The maximum Gasteiger partial charge on any atom is 0.181 e. The average molecular weight is 267 g/mol. The van der Waals surface area contributed by atoms with Crippen molar-refractivity contribution in [3.8, 4) is 0 Å². The molecule has 0 amide bonds. The molecule has 2 rings (SSSR count). The standard InChI is InChI=1S/C14H21NO2S/c1-10(2)11-3-6-13(7-4-11)18(16,17)14-8-5-12(15)9-14/h3-4,6-7,10,12,14H,5,8-9,15H2,1-2H3. The Morgan fingerprint density at radius 2 is 1.78 bits per heavy atom. The molecule has 0 aliphatic heterocycles. The topological polar surface area (TPSA) is 60.2 Å². The molecule has 2 unspecified atom stereocenters. The minimum atomic E-state index is -3.19. The third-order valence-corrected chi connectivity index (χ3v) is 5.97. The van der Waals surface area contributed by atoms with E-state index in [-0.39, 0.29) is 11.3 Å². The van der Waals surface area contributed by atoms with E-state index < -0.39 is 9.84 Å². The highest BCUT2D eigenvalue weighted by Gasteiger charge is 2.33. The first-order valence-electron chi connectivity index (χ1n) is 6.50. The summed E-state index contributed by atoms with van der Waals surface area (Å²) in [5.41, 5.74) is 6.96. The van der Waals surface area contributed by atoms with Crippen molar-refractivity contribution in [1.82, 2.24) is 0 Å². The molecule has 18 heavy (non-hydrogen) atoms. The molecule has 100 valence electrons. The molecule has 1 fully saturated rings. The van der Waals surface area contributed by atoms with Gasteiger partial charge in [0, 0.05) is 6.04 Å². The van der Waals surface area contributed by atoms with Gasteiger partial charge in [0.1, 0.15) is 0 Å². The quantitative estimate of drug-likeness (QED) is 0.915. The van der Waals surface area contributed by atoms with E-state index in [2.05, 4.69) is 13.8 Å². The number of rotatable bonds is 3. The second-order valence-electron chi connectivity index (χ2n) is 5.46. The first-order chi connectivity index (χ1) is 8.41. The molecule has 0 radical (unpaired) electrons. The molecule has 2 atom stereocenters. The predicted molar refractivity (Wildman–Crippen MR) is 73.3 cm³/mol. The van der Waals surface area contributed by atoms with Crippen molar-refractivity contribution >= 4 is 9.84 Å². The molecule has 2 N–H and O–H groups in total. The second-order valence-corrected chi connectivity index (χ2v) is 7.69. The Morgan fingerprint density at radius 3 is 2.22 bits per heavy atom. The number of hydrogen-bond acceptors (Lipinski definition) is 3. The fourth-order valence-corrected chi connectivity index (χ4v) is 4.34. The molecular weight excluding hydrogens is 246 g/mol. The van der Waals surface area contributed by atoms with Crippen LogP contribution in [0.5, 0.6) is 0 Å². The molecule has 0 bridgehead atoms. The highest BCUT2D eigenvalue weighted by molar-refractivity contribution is 7.92. The van der Waals surface area contributed by atoms with Gasteiger partial charge in [-0.3, -0.25) is 0 Å². The van der Waals surface area contributed by atoms with Crippen molar-refractivity contribution in [2.24, 2.45) is 5.73 Å². The summed E-state index contributed by atoms with van der Waals surface area (Å²) in [6, 6.07) is 7.32. The van der Waals surface area contributed by atoms with E-state index in [4.69, 9.17) is 5.73 Å². The van der Waals surface area contributed by atoms with Gasteiger partial charge in [-0.05, 0) is 42.9 Å². The Kier molecular flexibility index (Phi) is 3.78. The molecule has 0 heterocycles. The fourth-order valence-electron chi connectivity index (χ4n) is 2.49. The van der Waals surface area contributed by atoms with Gasteiger partial charge < -0.3 is 5.73 Å². The largest absolute Gasteiger partial charge is 0.328 e. The maximum absolute atomic E-state index is 12.4. The third kappa shape index (κ3) is 2.59. The third-order valence-electron chi connectivity index (χ3n) is 3.74. The predicted octanol–water partition coefficient (Wildman–Crippen LogP) is 2.46. The summed E-state index contributed by atoms with van der Waals surface area (Å²) in [5.74, 6) is 0.418. The van der Waals surface area contributed by atoms with Gasteiger partial charge in [-0.1, -0.05) is 26.0 Å². The van der Waals surface area contributed by atoms with Crippen LogP contribution in [0.25, 0.3) is 0 Å². The Bertz CT molecular complexity index is 505. The van der Waals surface area contributed by atoms with Gasteiger partial charge in [0.15, 0.2) is 9.84 Å². The van der Waals surface area contributed by atoms with Gasteiger partial charge in [-0.15, -0.1) is 0 Å². The van der Waals surface area contributed by atoms with Crippen LogP contribution in [0.1, 0.15) is 44.6 Å². The van der Waals surface area contributed by atoms with Crippen molar-refractivity contribution in [3.63, 3.8) is 0 Å². The van der Waals surface area contributed by atoms with Crippen LogP contribution in [-0.4, -0.2) is 19.7 Å². The van der Waals surface area contributed by atoms with E-state index in [9.17, 15) is 8.42 Å². The monoisotopic (exact) mass is 267 g/mol. The summed E-state index contributed by atoms with van der Waals surface area (Å²) in [7, 11) is -3.19. The summed E-state index contributed by atoms with van der Waals surface area (Å²) in [5, 5.41) is -0.294. The maximum atomic E-state index is 12.4. The molecule has 1 aliphatic carbocycles. The molecule has 4 heteroatoms. The van der Waals surface area contributed by atoms with Crippen molar-refractivity contribution in [2.75, 3.05) is 0 Å². The fraction of sp³-hybridized carbons (Fsp3) is 0.571. The van der Waals surface area contributed by atoms with Crippen LogP contribution < -0.4 is 5.73 Å². The number of benzene rings is 1. The van der Waals surface area contributed by atoms with Crippen LogP contribution in [0.2, 0.25) is 0 Å². The molecule has 3 nitrogen and oxygen atoms in total. The van der Waals surface area contributed by atoms with Gasteiger partial charge in [0.2, 0.25) is 0 Å². The van der Waals surface area contributed by atoms with Crippen LogP contribution in [-0.2, 0) is 9.84 Å². The highest BCUT2D eigenvalue weighted by atomic mass is 32.2. The van der Waals surface area contributed by atoms with E-state index >= 15 is 0 Å². The normalized spacial score (nSPS) is 24.7. The van der Waals surface area contributed by atoms with Crippen molar-refractivity contribution in [1.29, 1.82) is 0 Å². The Balaban J connectivity index is 2.25. The SMILES string of the molecule is CC(C)c1ccc(S(=O)(=O)C2CCC(N)C2)cc1. The number of hydrogen-bond donors (Lipinski definition) is 1. The van der Waals surface area contributed by atoms with Crippen molar-refractivity contribution < 1.29 is 8.42 Å². The lowest BCUT2D eigenvalue weighted by Crippen LogP contribution is -2.22. The van der Waals surface area contributed by atoms with Gasteiger partial charge in [0.25, 0.3) is 0 Å². The minimum Gasteiger partial charge on any atom is -0.328 e. The van der Waals surface area contributed by atoms with E-state index in [1.807, 2.05) is 12.1 Å². The molecule has 1 saturated carbocycles. The summed E-state index contributed by atoms with van der Waals surface area (Å²) in [6.07, 6.45) is 2.09. The van der Waals surface area contributed by atoms with Crippen molar-refractivity contribution in [3.05, 3.63) is 29.8 Å². The highest BCUT2D eigenvalue weighted by Crippen LogP contribution is 2.29. The molecule has 1 aliphatic rings. The summed E-state index contributed by atoms with van der Waals surface area (Å²) < 4.78 is 24.8. The molecular formula is C14H21NO2S. The zero-order chi connectivity index (χ0) is 13.3. The van der Waals surface area contributed by atoms with E-state index in [1.165, 1.54) is 0 Å². The summed E-state index contributed by atoms with van der Waals surface area (Å²) in [6.45, 7) is 4.19. The first kappa shape index (κ1) is 13.6. The molecule has 0 saturated heterocycles. The minimum absolute atomic E-state index is 0.0414. The zero-order valence-electron chi connectivity index (χ0n) is 11.0. The molecule has 0 spiro atoms. The second kappa shape index (κ2) is 5.02. The van der Waals surface area contributed by atoms with Crippen LogP contribution in [0.4, 0.5) is 0 Å². The van der Waals surface area contributed by atoms with Crippen LogP contribution in [0.15, 0.2) is 29.2 Å². The van der Waals surface area contributed by atoms with E-state index in [1.54, 1.807) is 12.1 Å². The number of sulfone groups is 1.